The zero-order valence-corrected chi connectivity index (χ0v) is 12.0. The van der Waals surface area contributed by atoms with Crippen LogP contribution in [0, 0.1) is 12.7 Å². The van der Waals surface area contributed by atoms with Crippen LogP contribution < -0.4 is 10.6 Å². The van der Waals surface area contributed by atoms with E-state index in [0.29, 0.717) is 25.2 Å². The van der Waals surface area contributed by atoms with Crippen molar-refractivity contribution in [3.8, 4) is 0 Å². The van der Waals surface area contributed by atoms with Crippen LogP contribution in [0.15, 0.2) is 48.5 Å². The standard InChI is InChI=1S/C17H19FN2O/c1-13-6-2-3-7-14(13)12-20-17(21)10-11-19-16-9-5-4-8-15(16)18/h2-9,19H,10-12H2,1H3,(H,20,21). The third-order valence-corrected chi connectivity index (χ3v) is 3.28. The molecule has 2 aromatic carbocycles. The fourth-order valence-corrected chi connectivity index (χ4v) is 2.01. The second-order valence-corrected chi connectivity index (χ2v) is 4.86. The molecule has 1 amide bonds. The first-order chi connectivity index (χ1) is 10.2. The van der Waals surface area contributed by atoms with Crippen LogP contribution in [0.3, 0.4) is 0 Å². The van der Waals surface area contributed by atoms with E-state index in [-0.39, 0.29) is 11.7 Å². The van der Waals surface area contributed by atoms with Crippen molar-refractivity contribution in [1.29, 1.82) is 0 Å². The molecule has 0 saturated heterocycles. The zero-order valence-electron chi connectivity index (χ0n) is 12.0. The molecule has 0 spiro atoms. The minimum Gasteiger partial charge on any atom is -0.382 e. The van der Waals surface area contributed by atoms with Gasteiger partial charge >= 0.3 is 0 Å². The molecule has 2 rings (SSSR count). The van der Waals surface area contributed by atoms with E-state index < -0.39 is 0 Å². The third kappa shape index (κ3) is 4.60. The molecule has 0 aromatic heterocycles. The fraction of sp³-hybridized carbons (Fsp3) is 0.235. The molecule has 3 nitrogen and oxygen atoms in total. The van der Waals surface area contributed by atoms with Crippen LogP contribution in [0.5, 0.6) is 0 Å². The fourth-order valence-electron chi connectivity index (χ4n) is 2.01. The molecule has 0 unspecified atom stereocenters. The van der Waals surface area contributed by atoms with Gasteiger partial charge in [-0.25, -0.2) is 4.39 Å². The smallest absolute Gasteiger partial charge is 0.222 e. The lowest BCUT2D eigenvalue weighted by atomic mass is 10.1. The summed E-state index contributed by atoms with van der Waals surface area (Å²) in [6, 6.07) is 14.4. The van der Waals surface area contributed by atoms with Gasteiger partial charge in [0, 0.05) is 19.5 Å². The number of nitrogens with one attached hydrogen (secondary N) is 2. The minimum absolute atomic E-state index is 0.0536. The van der Waals surface area contributed by atoms with Crippen molar-refractivity contribution < 1.29 is 9.18 Å². The Morgan fingerprint density at radius 2 is 1.81 bits per heavy atom. The highest BCUT2D eigenvalue weighted by Crippen LogP contribution is 2.12. The van der Waals surface area contributed by atoms with Crippen molar-refractivity contribution in [3.63, 3.8) is 0 Å². The van der Waals surface area contributed by atoms with Crippen molar-refractivity contribution in [2.75, 3.05) is 11.9 Å². The largest absolute Gasteiger partial charge is 0.382 e. The number of amides is 1. The summed E-state index contributed by atoms with van der Waals surface area (Å²) in [5.74, 6) is -0.361. The van der Waals surface area contributed by atoms with E-state index in [2.05, 4.69) is 10.6 Å². The van der Waals surface area contributed by atoms with Gasteiger partial charge in [0.15, 0.2) is 0 Å². The monoisotopic (exact) mass is 286 g/mol. The van der Waals surface area contributed by atoms with Crippen molar-refractivity contribution in [2.24, 2.45) is 0 Å². The third-order valence-electron chi connectivity index (χ3n) is 3.28. The van der Waals surface area contributed by atoms with E-state index in [4.69, 9.17) is 0 Å². The van der Waals surface area contributed by atoms with Gasteiger partial charge in [0.05, 0.1) is 5.69 Å². The van der Waals surface area contributed by atoms with Crippen LogP contribution >= 0.6 is 0 Å². The molecular weight excluding hydrogens is 267 g/mol. The summed E-state index contributed by atoms with van der Waals surface area (Å²) in [6.45, 7) is 2.94. The topological polar surface area (TPSA) is 41.1 Å². The molecule has 0 fully saturated rings. The average Bonchev–Trinajstić information content (AvgIpc) is 2.48. The van der Waals surface area contributed by atoms with E-state index in [1.807, 2.05) is 31.2 Å². The first-order valence-corrected chi connectivity index (χ1v) is 6.96. The molecular formula is C17H19FN2O. The Morgan fingerprint density at radius 1 is 1.10 bits per heavy atom. The number of hydrogen-bond donors (Lipinski definition) is 2. The summed E-state index contributed by atoms with van der Waals surface area (Å²) in [4.78, 5) is 11.8. The number of rotatable bonds is 6. The summed E-state index contributed by atoms with van der Waals surface area (Å²) in [5, 5.41) is 5.79. The number of benzene rings is 2. The predicted molar refractivity (Wildman–Crippen MR) is 82.5 cm³/mol. The van der Waals surface area contributed by atoms with Crippen LogP contribution in [0.2, 0.25) is 0 Å². The maximum atomic E-state index is 13.4. The first-order valence-electron chi connectivity index (χ1n) is 6.96. The number of hydrogen-bond acceptors (Lipinski definition) is 2. The van der Waals surface area contributed by atoms with Gasteiger partial charge in [-0.05, 0) is 30.2 Å². The highest BCUT2D eigenvalue weighted by Gasteiger charge is 2.04. The average molecular weight is 286 g/mol. The summed E-state index contributed by atoms with van der Waals surface area (Å²) in [7, 11) is 0. The molecule has 0 saturated carbocycles. The number of halogens is 1. The van der Waals surface area contributed by atoms with E-state index in [1.54, 1.807) is 18.2 Å². The SMILES string of the molecule is Cc1ccccc1CNC(=O)CCNc1ccccc1F. The molecule has 0 atom stereocenters. The number of para-hydroxylation sites is 1. The van der Waals surface area contributed by atoms with Crippen LogP contribution in [0.4, 0.5) is 10.1 Å². The van der Waals surface area contributed by atoms with E-state index in [9.17, 15) is 9.18 Å². The van der Waals surface area contributed by atoms with E-state index >= 15 is 0 Å². The lowest BCUT2D eigenvalue weighted by Gasteiger charge is -2.09. The molecule has 0 aliphatic carbocycles. The number of aryl methyl sites for hydroxylation is 1. The van der Waals surface area contributed by atoms with Crippen molar-refractivity contribution >= 4 is 11.6 Å². The second-order valence-electron chi connectivity index (χ2n) is 4.86. The lowest BCUT2D eigenvalue weighted by molar-refractivity contribution is -0.121. The van der Waals surface area contributed by atoms with E-state index in [0.717, 1.165) is 11.1 Å². The molecule has 0 heterocycles. The maximum absolute atomic E-state index is 13.4. The van der Waals surface area contributed by atoms with Crippen LogP contribution in [-0.2, 0) is 11.3 Å². The van der Waals surface area contributed by atoms with Crippen LogP contribution in [0.25, 0.3) is 0 Å². The number of carbonyl (C=O) groups excluding carboxylic acids is 1. The van der Waals surface area contributed by atoms with Gasteiger partial charge in [-0.3, -0.25) is 4.79 Å². The maximum Gasteiger partial charge on any atom is 0.222 e. The van der Waals surface area contributed by atoms with Crippen LogP contribution in [-0.4, -0.2) is 12.5 Å². The van der Waals surface area contributed by atoms with Crippen molar-refractivity contribution in [2.45, 2.75) is 19.9 Å². The molecule has 21 heavy (non-hydrogen) atoms. The normalized spacial score (nSPS) is 10.2. The number of carbonyl (C=O) groups is 1. The molecule has 2 N–H and O–H groups in total. The molecule has 4 heteroatoms. The Hall–Kier alpha value is -2.36. The molecule has 0 aliphatic rings. The molecule has 0 radical (unpaired) electrons. The summed E-state index contributed by atoms with van der Waals surface area (Å²) >= 11 is 0. The van der Waals surface area contributed by atoms with Gasteiger partial charge in [0.2, 0.25) is 5.91 Å². The Kier molecular flexibility index (Phi) is 5.32. The molecule has 2 aromatic rings. The second kappa shape index (κ2) is 7.43. The summed E-state index contributed by atoms with van der Waals surface area (Å²) in [6.07, 6.45) is 0.306. The highest BCUT2D eigenvalue weighted by atomic mass is 19.1. The van der Waals surface area contributed by atoms with Gasteiger partial charge in [-0.1, -0.05) is 36.4 Å². The lowest BCUT2D eigenvalue weighted by Crippen LogP contribution is -2.25. The first kappa shape index (κ1) is 15.0. The summed E-state index contributed by atoms with van der Waals surface area (Å²) < 4.78 is 13.4. The quantitative estimate of drug-likeness (QED) is 0.856. The van der Waals surface area contributed by atoms with E-state index in [1.165, 1.54) is 6.07 Å². The van der Waals surface area contributed by atoms with Crippen molar-refractivity contribution in [1.82, 2.24) is 5.32 Å². The van der Waals surface area contributed by atoms with Gasteiger partial charge in [0.25, 0.3) is 0 Å². The number of anilines is 1. The zero-order chi connectivity index (χ0) is 15.1. The Bertz CT molecular complexity index is 613. The summed E-state index contributed by atoms with van der Waals surface area (Å²) in [5.41, 5.74) is 2.68. The Morgan fingerprint density at radius 3 is 2.57 bits per heavy atom. The van der Waals surface area contributed by atoms with Crippen molar-refractivity contribution in [3.05, 3.63) is 65.5 Å². The van der Waals surface area contributed by atoms with Gasteiger partial charge in [-0.15, -0.1) is 0 Å². The molecule has 0 aliphatic heterocycles. The molecule has 0 bridgehead atoms. The Balaban J connectivity index is 1.73. The van der Waals surface area contributed by atoms with Gasteiger partial charge < -0.3 is 10.6 Å². The highest BCUT2D eigenvalue weighted by molar-refractivity contribution is 5.76. The van der Waals surface area contributed by atoms with Gasteiger partial charge in [0.1, 0.15) is 5.82 Å². The minimum atomic E-state index is -0.308. The van der Waals surface area contributed by atoms with Crippen LogP contribution in [0.1, 0.15) is 17.5 Å². The Labute approximate surface area is 124 Å². The predicted octanol–water partition coefficient (Wildman–Crippen LogP) is 3.25. The molecule has 110 valence electrons. The van der Waals surface area contributed by atoms with Gasteiger partial charge in [-0.2, -0.15) is 0 Å².